The molecule has 0 unspecified atom stereocenters. The van der Waals surface area contributed by atoms with Crippen molar-refractivity contribution in [3.63, 3.8) is 0 Å². The molecular weight excluding hydrogens is 258 g/mol. The highest BCUT2D eigenvalue weighted by molar-refractivity contribution is 5.83. The van der Waals surface area contributed by atoms with E-state index >= 15 is 0 Å². The zero-order valence-electron chi connectivity index (χ0n) is 11.9. The van der Waals surface area contributed by atoms with E-state index in [1.807, 2.05) is 31.2 Å². The van der Waals surface area contributed by atoms with E-state index in [2.05, 4.69) is 5.32 Å². The third-order valence-electron chi connectivity index (χ3n) is 2.94. The Balaban J connectivity index is 2.26. The second-order valence-corrected chi connectivity index (χ2v) is 4.58. The van der Waals surface area contributed by atoms with Gasteiger partial charge < -0.3 is 15.2 Å². The van der Waals surface area contributed by atoms with Crippen molar-refractivity contribution in [1.29, 1.82) is 0 Å². The Hall–Kier alpha value is -2.04. The van der Waals surface area contributed by atoms with E-state index in [9.17, 15) is 9.59 Å². The number of hydrogen-bond donors (Lipinski definition) is 2. The lowest BCUT2D eigenvalue weighted by Crippen LogP contribution is -2.40. The second-order valence-electron chi connectivity index (χ2n) is 4.58. The molecule has 0 radical (unpaired) electrons. The Morgan fingerprint density at radius 3 is 2.65 bits per heavy atom. The lowest BCUT2D eigenvalue weighted by molar-refractivity contribution is -0.141. The minimum atomic E-state index is -1.00. The number of rotatable bonds is 8. The normalized spacial score (nSPS) is 11.7. The Morgan fingerprint density at radius 2 is 2.05 bits per heavy atom. The Bertz CT molecular complexity index is 459. The fourth-order valence-corrected chi connectivity index (χ4v) is 1.74. The van der Waals surface area contributed by atoms with Gasteiger partial charge in [0, 0.05) is 6.42 Å². The third-order valence-corrected chi connectivity index (χ3v) is 2.94. The fourth-order valence-electron chi connectivity index (χ4n) is 1.74. The van der Waals surface area contributed by atoms with E-state index in [1.54, 1.807) is 6.92 Å². The van der Waals surface area contributed by atoms with Gasteiger partial charge in [-0.15, -0.1) is 0 Å². The average Bonchev–Trinajstić information content (AvgIpc) is 2.42. The largest absolute Gasteiger partial charge is 0.493 e. The molecule has 5 nitrogen and oxygen atoms in total. The van der Waals surface area contributed by atoms with E-state index in [0.29, 0.717) is 19.4 Å². The molecule has 0 heterocycles. The molecule has 0 bridgehead atoms. The van der Waals surface area contributed by atoms with Crippen LogP contribution in [-0.4, -0.2) is 29.6 Å². The first kappa shape index (κ1) is 16.0. The maximum absolute atomic E-state index is 11.6. The summed E-state index contributed by atoms with van der Waals surface area (Å²) in [6.07, 6.45) is 1.19. The van der Waals surface area contributed by atoms with Gasteiger partial charge in [-0.05, 0) is 31.4 Å². The first-order valence-electron chi connectivity index (χ1n) is 6.75. The van der Waals surface area contributed by atoms with Crippen molar-refractivity contribution in [1.82, 2.24) is 5.32 Å². The highest BCUT2D eigenvalue weighted by atomic mass is 16.5. The van der Waals surface area contributed by atoms with Crippen molar-refractivity contribution in [3.8, 4) is 5.75 Å². The van der Waals surface area contributed by atoms with E-state index in [4.69, 9.17) is 9.84 Å². The van der Waals surface area contributed by atoms with Crippen LogP contribution in [0.25, 0.3) is 0 Å². The average molecular weight is 279 g/mol. The minimum absolute atomic E-state index is 0.257. The number of ether oxygens (including phenoxy) is 1. The van der Waals surface area contributed by atoms with Gasteiger partial charge in [0.05, 0.1) is 6.61 Å². The van der Waals surface area contributed by atoms with Crippen LogP contribution in [0.3, 0.4) is 0 Å². The molecule has 0 aliphatic heterocycles. The zero-order chi connectivity index (χ0) is 15.0. The van der Waals surface area contributed by atoms with Gasteiger partial charge >= 0.3 is 5.97 Å². The number of aliphatic carboxylic acids is 1. The maximum atomic E-state index is 11.6. The lowest BCUT2D eigenvalue weighted by atomic mass is 10.2. The Morgan fingerprint density at radius 1 is 1.35 bits per heavy atom. The summed E-state index contributed by atoms with van der Waals surface area (Å²) in [5.74, 6) is -0.450. The molecule has 0 saturated carbocycles. The number of amides is 1. The molecule has 0 aromatic heterocycles. The number of carboxylic acid groups (broad SMARTS) is 1. The van der Waals surface area contributed by atoms with Gasteiger partial charge in [-0.2, -0.15) is 0 Å². The summed E-state index contributed by atoms with van der Waals surface area (Å²) in [5, 5.41) is 11.3. The highest BCUT2D eigenvalue weighted by Gasteiger charge is 2.16. The van der Waals surface area contributed by atoms with E-state index in [1.165, 1.54) is 0 Å². The molecule has 2 N–H and O–H groups in total. The molecule has 0 aliphatic rings. The molecule has 1 amide bonds. The molecular formula is C15H21NO4. The van der Waals surface area contributed by atoms with E-state index in [0.717, 1.165) is 11.3 Å². The van der Waals surface area contributed by atoms with E-state index < -0.39 is 12.0 Å². The first-order chi connectivity index (χ1) is 9.54. The molecule has 1 atom stereocenters. The minimum Gasteiger partial charge on any atom is -0.493 e. The van der Waals surface area contributed by atoms with Crippen molar-refractivity contribution < 1.29 is 19.4 Å². The molecule has 1 rings (SSSR count). The summed E-state index contributed by atoms with van der Waals surface area (Å²) in [4.78, 5) is 22.3. The predicted molar refractivity (Wildman–Crippen MR) is 75.8 cm³/mol. The Labute approximate surface area is 118 Å². The second kappa shape index (κ2) is 8.19. The van der Waals surface area contributed by atoms with Crippen LogP contribution < -0.4 is 10.1 Å². The quantitative estimate of drug-likeness (QED) is 0.715. The fraction of sp³-hybridized carbons (Fsp3) is 0.467. The van der Waals surface area contributed by atoms with Gasteiger partial charge in [0.1, 0.15) is 11.8 Å². The first-order valence-corrected chi connectivity index (χ1v) is 6.75. The standard InChI is InChI=1S/C15H21NO4/c1-3-12(15(18)19)16-14(17)9-6-10-20-13-8-5-4-7-11(13)2/h4-5,7-8,12H,3,6,9-10H2,1-2H3,(H,16,17)(H,18,19)/t12-/m1/s1. The predicted octanol–water partition coefficient (Wildman–Crippen LogP) is 2.13. The van der Waals surface area contributed by atoms with Crippen molar-refractivity contribution >= 4 is 11.9 Å². The van der Waals surface area contributed by atoms with Crippen molar-refractivity contribution in [2.45, 2.75) is 39.2 Å². The van der Waals surface area contributed by atoms with E-state index in [-0.39, 0.29) is 12.3 Å². The van der Waals surface area contributed by atoms with Crippen LogP contribution in [0.2, 0.25) is 0 Å². The molecule has 0 fully saturated rings. The molecule has 110 valence electrons. The number of carbonyl (C=O) groups excluding carboxylic acids is 1. The molecule has 1 aromatic rings. The number of benzene rings is 1. The number of para-hydroxylation sites is 1. The SMILES string of the molecule is CC[C@@H](NC(=O)CCCOc1ccccc1C)C(=O)O. The summed E-state index contributed by atoms with van der Waals surface area (Å²) < 4.78 is 5.57. The third kappa shape index (κ3) is 5.30. The lowest BCUT2D eigenvalue weighted by Gasteiger charge is -2.12. The molecule has 0 aliphatic carbocycles. The van der Waals surface area contributed by atoms with Crippen LogP contribution in [0.5, 0.6) is 5.75 Å². The number of carboxylic acids is 1. The van der Waals surface area contributed by atoms with Gasteiger partial charge in [-0.25, -0.2) is 4.79 Å². The Kier molecular flexibility index (Phi) is 6.56. The van der Waals surface area contributed by atoms with Gasteiger partial charge in [0.2, 0.25) is 5.91 Å². The van der Waals surface area contributed by atoms with Crippen LogP contribution in [0, 0.1) is 6.92 Å². The van der Waals surface area contributed by atoms with Gasteiger partial charge in [-0.1, -0.05) is 25.1 Å². The molecule has 20 heavy (non-hydrogen) atoms. The maximum Gasteiger partial charge on any atom is 0.326 e. The number of hydrogen-bond acceptors (Lipinski definition) is 3. The summed E-state index contributed by atoms with van der Waals surface area (Å²) in [6.45, 7) is 4.11. The molecule has 0 saturated heterocycles. The smallest absolute Gasteiger partial charge is 0.326 e. The highest BCUT2D eigenvalue weighted by Crippen LogP contribution is 2.16. The van der Waals surface area contributed by atoms with Crippen LogP contribution in [0.1, 0.15) is 31.7 Å². The number of nitrogens with one attached hydrogen (secondary N) is 1. The topological polar surface area (TPSA) is 75.6 Å². The van der Waals surface area contributed by atoms with Crippen molar-refractivity contribution in [2.75, 3.05) is 6.61 Å². The number of aryl methyl sites for hydroxylation is 1. The van der Waals surface area contributed by atoms with Crippen LogP contribution in [0.15, 0.2) is 24.3 Å². The van der Waals surface area contributed by atoms with Gasteiger partial charge in [-0.3, -0.25) is 4.79 Å². The zero-order valence-corrected chi connectivity index (χ0v) is 11.9. The summed E-state index contributed by atoms with van der Waals surface area (Å²) in [5.41, 5.74) is 1.05. The summed E-state index contributed by atoms with van der Waals surface area (Å²) in [7, 11) is 0. The van der Waals surface area contributed by atoms with Gasteiger partial charge in [0.25, 0.3) is 0 Å². The molecule has 0 spiro atoms. The van der Waals surface area contributed by atoms with Crippen LogP contribution in [-0.2, 0) is 9.59 Å². The molecule has 5 heteroatoms. The summed E-state index contributed by atoms with van der Waals surface area (Å²) >= 11 is 0. The van der Waals surface area contributed by atoms with Crippen molar-refractivity contribution in [3.05, 3.63) is 29.8 Å². The number of carbonyl (C=O) groups is 2. The monoisotopic (exact) mass is 279 g/mol. The van der Waals surface area contributed by atoms with Gasteiger partial charge in [0.15, 0.2) is 0 Å². The summed E-state index contributed by atoms with van der Waals surface area (Å²) in [6, 6.07) is 6.87. The van der Waals surface area contributed by atoms with Crippen LogP contribution >= 0.6 is 0 Å². The van der Waals surface area contributed by atoms with Crippen LogP contribution in [0.4, 0.5) is 0 Å². The van der Waals surface area contributed by atoms with Crippen molar-refractivity contribution in [2.24, 2.45) is 0 Å². The molecule has 1 aromatic carbocycles.